The van der Waals surface area contributed by atoms with Crippen molar-refractivity contribution in [1.82, 2.24) is 9.38 Å². The first-order valence-electron chi connectivity index (χ1n) is 17.5. The molecule has 0 aliphatic heterocycles. The van der Waals surface area contributed by atoms with Gasteiger partial charge in [-0.05, 0) is 111 Å². The van der Waals surface area contributed by atoms with Gasteiger partial charge in [-0.15, -0.1) is 0 Å². The maximum absolute atomic E-state index is 4.94. The molecule has 0 aliphatic carbocycles. The minimum Gasteiger partial charge on any atom is -0.306 e. The van der Waals surface area contributed by atoms with Gasteiger partial charge in [0.25, 0.3) is 0 Å². The molecule has 0 spiro atoms. The molecule has 51 heavy (non-hydrogen) atoms. The van der Waals surface area contributed by atoms with Crippen LogP contribution in [0.25, 0.3) is 104 Å². The van der Waals surface area contributed by atoms with Crippen molar-refractivity contribution in [2.45, 2.75) is 0 Å². The number of aromatic nitrogens is 2. The monoisotopic (exact) mass is 646 g/mol. The molecular formula is C49H30N2. The smallest absolute Gasteiger partial charge is 0.137 e. The third-order valence-electron chi connectivity index (χ3n) is 10.8. The van der Waals surface area contributed by atoms with E-state index in [2.05, 4.69) is 168 Å². The SMILES string of the molecule is c1ccc2c(-c3cn4ccccc4n3)ccc(-c3ccc(-c4cc5ccc6cccc7c8ccccc8c8ccccc8c(c4)c5c67)cc3)c2c1. The summed E-state index contributed by atoms with van der Waals surface area (Å²) >= 11 is 0. The lowest BCUT2D eigenvalue weighted by atomic mass is 9.88. The third kappa shape index (κ3) is 4.27. The average Bonchev–Trinajstić information content (AvgIpc) is 3.63. The van der Waals surface area contributed by atoms with Gasteiger partial charge in [-0.1, -0.05) is 146 Å². The largest absolute Gasteiger partial charge is 0.306 e. The summed E-state index contributed by atoms with van der Waals surface area (Å²) in [4.78, 5) is 4.94. The molecule has 0 amide bonds. The van der Waals surface area contributed by atoms with Crippen molar-refractivity contribution < 1.29 is 0 Å². The predicted molar refractivity (Wildman–Crippen MR) is 217 cm³/mol. The topological polar surface area (TPSA) is 17.3 Å². The maximum Gasteiger partial charge on any atom is 0.137 e. The second-order valence-corrected chi connectivity index (χ2v) is 13.6. The quantitative estimate of drug-likeness (QED) is 0.175. The van der Waals surface area contributed by atoms with Crippen LogP contribution in [0.5, 0.6) is 0 Å². The second kappa shape index (κ2) is 10.9. The van der Waals surface area contributed by atoms with Gasteiger partial charge in [-0.3, -0.25) is 0 Å². The third-order valence-corrected chi connectivity index (χ3v) is 10.8. The van der Waals surface area contributed by atoms with Crippen LogP contribution in [0, 0.1) is 0 Å². The minimum atomic E-state index is 0.951. The summed E-state index contributed by atoms with van der Waals surface area (Å²) in [6.45, 7) is 0. The van der Waals surface area contributed by atoms with Crippen molar-refractivity contribution in [3.8, 4) is 33.5 Å². The number of pyridine rings is 1. The van der Waals surface area contributed by atoms with Crippen molar-refractivity contribution in [3.05, 3.63) is 182 Å². The van der Waals surface area contributed by atoms with Crippen molar-refractivity contribution in [2.75, 3.05) is 0 Å². The molecule has 236 valence electrons. The summed E-state index contributed by atoms with van der Waals surface area (Å²) in [7, 11) is 0. The standard InChI is InChI=1S/C49H30N2/c1-4-14-40-37(11-1)36(25-26-43(40)46-30-51-27-8-7-18-47(51)50-46)32-21-19-31(20-22-32)35-28-34-24-23-33-10-9-17-44-41-15-5-2-12-38(41)39-13-3-6-16-42(39)45(29-35)49(34)48(33)44/h1-30H. The molecule has 2 aromatic heterocycles. The van der Waals surface area contributed by atoms with Crippen LogP contribution in [0.1, 0.15) is 0 Å². The number of hydrogen-bond donors (Lipinski definition) is 0. The Bertz CT molecular complexity index is 3150. The molecule has 9 aromatic carbocycles. The van der Waals surface area contributed by atoms with Crippen LogP contribution in [0.4, 0.5) is 0 Å². The lowest BCUT2D eigenvalue weighted by Crippen LogP contribution is -1.88. The normalized spacial score (nSPS) is 11.9. The zero-order valence-electron chi connectivity index (χ0n) is 27.7. The lowest BCUT2D eigenvalue weighted by Gasteiger charge is -2.15. The summed E-state index contributed by atoms with van der Waals surface area (Å²) in [6, 6.07) is 62.3. The van der Waals surface area contributed by atoms with Crippen LogP contribution in [-0.4, -0.2) is 9.38 Å². The van der Waals surface area contributed by atoms with E-state index in [1.807, 2.05) is 18.2 Å². The van der Waals surface area contributed by atoms with E-state index in [9.17, 15) is 0 Å². The summed E-state index contributed by atoms with van der Waals surface area (Å²) in [6.07, 6.45) is 4.17. The summed E-state index contributed by atoms with van der Waals surface area (Å²) in [5.41, 5.74) is 7.92. The average molecular weight is 647 g/mol. The molecule has 2 heteroatoms. The highest BCUT2D eigenvalue weighted by molar-refractivity contribution is 6.33. The number of imidazole rings is 1. The second-order valence-electron chi connectivity index (χ2n) is 13.6. The molecule has 2 nitrogen and oxygen atoms in total. The molecule has 0 N–H and O–H groups in total. The molecule has 0 saturated heterocycles. The Morgan fingerprint density at radius 3 is 1.67 bits per heavy atom. The van der Waals surface area contributed by atoms with Gasteiger partial charge in [-0.25, -0.2) is 4.98 Å². The van der Waals surface area contributed by atoms with Gasteiger partial charge in [0.05, 0.1) is 5.69 Å². The minimum absolute atomic E-state index is 0.951. The number of rotatable bonds is 3. The van der Waals surface area contributed by atoms with Crippen LogP contribution in [0.3, 0.4) is 0 Å². The van der Waals surface area contributed by atoms with Gasteiger partial charge < -0.3 is 4.40 Å². The molecule has 0 unspecified atom stereocenters. The molecule has 2 heterocycles. The predicted octanol–water partition coefficient (Wildman–Crippen LogP) is 13.3. The first kappa shape index (κ1) is 28.1. The summed E-state index contributed by atoms with van der Waals surface area (Å²) in [5.74, 6) is 0. The van der Waals surface area contributed by atoms with E-state index in [0.29, 0.717) is 0 Å². The highest BCUT2D eigenvalue weighted by atomic mass is 15.0. The fourth-order valence-electron chi connectivity index (χ4n) is 8.43. The lowest BCUT2D eigenvalue weighted by molar-refractivity contribution is 1.19. The molecule has 0 fully saturated rings. The van der Waals surface area contributed by atoms with Gasteiger partial charge >= 0.3 is 0 Å². The highest BCUT2D eigenvalue weighted by Gasteiger charge is 2.15. The summed E-state index contributed by atoms with van der Waals surface area (Å²) in [5, 5.41) is 15.3. The Labute approximate surface area is 294 Å². The zero-order valence-corrected chi connectivity index (χ0v) is 27.7. The van der Waals surface area contributed by atoms with E-state index in [1.165, 1.54) is 86.9 Å². The van der Waals surface area contributed by atoms with Gasteiger partial charge in [-0.2, -0.15) is 0 Å². The van der Waals surface area contributed by atoms with Crippen molar-refractivity contribution in [3.63, 3.8) is 0 Å². The van der Waals surface area contributed by atoms with Crippen molar-refractivity contribution >= 4 is 70.3 Å². The van der Waals surface area contributed by atoms with Crippen LogP contribution in [0.15, 0.2) is 182 Å². The Kier molecular flexibility index (Phi) is 5.99. The van der Waals surface area contributed by atoms with Gasteiger partial charge in [0.15, 0.2) is 0 Å². The number of hydrogen-bond acceptors (Lipinski definition) is 1. The number of fused-ring (bicyclic) bond motifs is 7. The van der Waals surface area contributed by atoms with Gasteiger partial charge in [0.2, 0.25) is 0 Å². The first-order valence-corrected chi connectivity index (χ1v) is 17.5. The molecule has 0 saturated carbocycles. The number of benzene rings is 8. The molecule has 11 rings (SSSR count). The van der Waals surface area contributed by atoms with E-state index < -0.39 is 0 Å². The van der Waals surface area contributed by atoms with E-state index in [0.717, 1.165) is 16.9 Å². The van der Waals surface area contributed by atoms with Gasteiger partial charge in [0, 0.05) is 18.0 Å². The Hall–Kier alpha value is -6.77. The molecular weight excluding hydrogens is 617 g/mol. The molecule has 0 atom stereocenters. The van der Waals surface area contributed by atoms with Crippen LogP contribution in [0.2, 0.25) is 0 Å². The van der Waals surface area contributed by atoms with E-state index >= 15 is 0 Å². The Morgan fingerprint density at radius 2 is 0.922 bits per heavy atom. The van der Waals surface area contributed by atoms with E-state index in [-0.39, 0.29) is 0 Å². The van der Waals surface area contributed by atoms with Gasteiger partial charge in [0.1, 0.15) is 5.65 Å². The maximum atomic E-state index is 4.94. The van der Waals surface area contributed by atoms with E-state index in [4.69, 9.17) is 4.98 Å². The van der Waals surface area contributed by atoms with Crippen LogP contribution >= 0.6 is 0 Å². The fraction of sp³-hybridized carbons (Fsp3) is 0. The van der Waals surface area contributed by atoms with Crippen LogP contribution < -0.4 is 0 Å². The summed E-state index contributed by atoms with van der Waals surface area (Å²) < 4.78 is 2.08. The highest BCUT2D eigenvalue weighted by Crippen LogP contribution is 2.42. The van der Waals surface area contributed by atoms with Crippen molar-refractivity contribution in [2.24, 2.45) is 0 Å². The zero-order chi connectivity index (χ0) is 33.5. The number of nitrogens with zero attached hydrogens (tertiary/aromatic N) is 2. The Balaban J connectivity index is 1.10. The van der Waals surface area contributed by atoms with E-state index in [1.54, 1.807) is 0 Å². The Morgan fingerprint density at radius 1 is 0.353 bits per heavy atom. The van der Waals surface area contributed by atoms with Crippen LogP contribution in [-0.2, 0) is 0 Å². The molecule has 0 bridgehead atoms. The molecule has 0 aliphatic rings. The van der Waals surface area contributed by atoms with Crippen molar-refractivity contribution in [1.29, 1.82) is 0 Å². The molecule has 11 aromatic rings. The fourth-order valence-corrected chi connectivity index (χ4v) is 8.43. The molecule has 0 radical (unpaired) electrons. The first-order chi connectivity index (χ1) is 25.3.